The molecule has 0 bridgehead atoms. The van der Waals surface area contributed by atoms with Crippen molar-refractivity contribution in [3.8, 4) is 5.75 Å². The zero-order valence-electron chi connectivity index (χ0n) is 11.4. The monoisotopic (exact) mass is 344 g/mol. The Morgan fingerprint density at radius 2 is 2.00 bits per heavy atom. The summed E-state index contributed by atoms with van der Waals surface area (Å²) in [5.41, 5.74) is 0.375. The number of hydrogen-bond donors (Lipinski definition) is 2. The Bertz CT molecular complexity index is 479. The van der Waals surface area contributed by atoms with E-state index in [0.29, 0.717) is 24.5 Å². The SMILES string of the molecule is COCCNC(=O)CNC(=O)c1ccc(Br)cc1OC. The fourth-order valence-corrected chi connectivity index (χ4v) is 1.80. The molecule has 1 rings (SSSR count). The van der Waals surface area contributed by atoms with E-state index in [1.54, 1.807) is 25.3 Å². The van der Waals surface area contributed by atoms with Crippen molar-refractivity contribution in [2.75, 3.05) is 33.9 Å². The average Bonchev–Trinajstić information content (AvgIpc) is 2.44. The first-order valence-corrected chi connectivity index (χ1v) is 6.75. The Morgan fingerprint density at radius 1 is 1.25 bits per heavy atom. The summed E-state index contributed by atoms with van der Waals surface area (Å²) in [7, 11) is 3.03. The normalized spacial score (nSPS) is 9.95. The molecule has 0 radical (unpaired) electrons. The van der Waals surface area contributed by atoms with Crippen LogP contribution in [0.15, 0.2) is 22.7 Å². The Balaban J connectivity index is 2.52. The molecule has 2 amide bonds. The van der Waals surface area contributed by atoms with Crippen molar-refractivity contribution in [1.29, 1.82) is 0 Å². The van der Waals surface area contributed by atoms with Gasteiger partial charge in [-0.3, -0.25) is 9.59 Å². The van der Waals surface area contributed by atoms with Gasteiger partial charge < -0.3 is 20.1 Å². The van der Waals surface area contributed by atoms with Gasteiger partial charge in [-0.25, -0.2) is 0 Å². The lowest BCUT2D eigenvalue weighted by atomic mass is 10.2. The van der Waals surface area contributed by atoms with E-state index in [4.69, 9.17) is 9.47 Å². The van der Waals surface area contributed by atoms with E-state index in [2.05, 4.69) is 26.6 Å². The van der Waals surface area contributed by atoms with Crippen LogP contribution in [0.1, 0.15) is 10.4 Å². The van der Waals surface area contributed by atoms with Gasteiger partial charge in [0.05, 0.1) is 25.8 Å². The zero-order valence-corrected chi connectivity index (χ0v) is 13.0. The molecule has 0 aliphatic rings. The second kappa shape index (κ2) is 8.55. The van der Waals surface area contributed by atoms with Gasteiger partial charge in [0.2, 0.25) is 5.91 Å². The molecule has 0 fully saturated rings. The second-order valence-corrected chi connectivity index (χ2v) is 4.79. The molecule has 110 valence electrons. The average molecular weight is 345 g/mol. The van der Waals surface area contributed by atoms with Crippen LogP contribution in [0, 0.1) is 0 Å². The lowest BCUT2D eigenvalue weighted by Crippen LogP contribution is -2.38. The van der Waals surface area contributed by atoms with Gasteiger partial charge in [0.1, 0.15) is 5.75 Å². The number of carbonyl (C=O) groups excluding carboxylic acids is 2. The van der Waals surface area contributed by atoms with Crippen molar-refractivity contribution in [3.05, 3.63) is 28.2 Å². The van der Waals surface area contributed by atoms with Crippen LogP contribution < -0.4 is 15.4 Å². The molecular formula is C13H17BrN2O4. The lowest BCUT2D eigenvalue weighted by molar-refractivity contribution is -0.120. The maximum atomic E-state index is 12.0. The maximum Gasteiger partial charge on any atom is 0.255 e. The number of hydrogen-bond acceptors (Lipinski definition) is 4. The Hall–Kier alpha value is -1.60. The molecule has 0 aliphatic carbocycles. The minimum absolute atomic E-state index is 0.0955. The third-order valence-electron chi connectivity index (χ3n) is 2.45. The summed E-state index contributed by atoms with van der Waals surface area (Å²) in [6.07, 6.45) is 0. The number of benzene rings is 1. The predicted molar refractivity (Wildman–Crippen MR) is 77.9 cm³/mol. The van der Waals surface area contributed by atoms with Crippen LogP contribution >= 0.6 is 15.9 Å². The molecule has 1 aromatic rings. The van der Waals surface area contributed by atoms with Crippen LogP contribution in [-0.2, 0) is 9.53 Å². The summed E-state index contributed by atoms with van der Waals surface area (Å²) in [6, 6.07) is 5.05. The number of nitrogens with one attached hydrogen (secondary N) is 2. The van der Waals surface area contributed by atoms with Crippen LogP contribution in [-0.4, -0.2) is 45.7 Å². The van der Waals surface area contributed by atoms with Crippen molar-refractivity contribution in [1.82, 2.24) is 10.6 Å². The number of rotatable bonds is 7. The molecule has 0 saturated carbocycles. The van der Waals surface area contributed by atoms with Gasteiger partial charge in [0.15, 0.2) is 0 Å². The summed E-state index contributed by atoms with van der Waals surface area (Å²) in [6.45, 7) is 0.745. The van der Waals surface area contributed by atoms with E-state index in [-0.39, 0.29) is 18.4 Å². The molecule has 2 N–H and O–H groups in total. The number of amides is 2. The van der Waals surface area contributed by atoms with E-state index in [1.807, 2.05) is 0 Å². The van der Waals surface area contributed by atoms with Gasteiger partial charge in [0.25, 0.3) is 5.91 Å². The molecule has 0 unspecified atom stereocenters. The van der Waals surface area contributed by atoms with Crippen molar-refractivity contribution < 1.29 is 19.1 Å². The molecular weight excluding hydrogens is 328 g/mol. The van der Waals surface area contributed by atoms with E-state index in [0.717, 1.165) is 4.47 Å². The highest BCUT2D eigenvalue weighted by atomic mass is 79.9. The highest BCUT2D eigenvalue weighted by Gasteiger charge is 2.13. The summed E-state index contributed by atoms with van der Waals surface area (Å²) in [5.74, 6) is -0.195. The molecule has 6 nitrogen and oxygen atoms in total. The van der Waals surface area contributed by atoms with E-state index in [1.165, 1.54) is 7.11 Å². The van der Waals surface area contributed by atoms with Gasteiger partial charge in [-0.2, -0.15) is 0 Å². The van der Waals surface area contributed by atoms with Gasteiger partial charge in [-0.05, 0) is 18.2 Å². The molecule has 0 saturated heterocycles. The predicted octanol–water partition coefficient (Wildman–Crippen LogP) is 0.950. The van der Waals surface area contributed by atoms with Crippen LogP contribution in [0.3, 0.4) is 0 Å². The fourth-order valence-electron chi connectivity index (χ4n) is 1.46. The van der Waals surface area contributed by atoms with Gasteiger partial charge in [-0.15, -0.1) is 0 Å². The number of halogens is 1. The lowest BCUT2D eigenvalue weighted by Gasteiger charge is -2.10. The third kappa shape index (κ3) is 5.18. The molecule has 1 aromatic carbocycles. The summed E-state index contributed by atoms with van der Waals surface area (Å²) in [5, 5.41) is 5.14. The first-order valence-electron chi connectivity index (χ1n) is 5.96. The van der Waals surface area contributed by atoms with E-state index in [9.17, 15) is 9.59 Å². The highest BCUT2D eigenvalue weighted by molar-refractivity contribution is 9.10. The quantitative estimate of drug-likeness (QED) is 0.722. The van der Waals surface area contributed by atoms with Crippen molar-refractivity contribution in [3.63, 3.8) is 0 Å². The molecule has 0 heterocycles. The first kappa shape index (κ1) is 16.5. The number of carbonyl (C=O) groups is 2. The Morgan fingerprint density at radius 3 is 2.65 bits per heavy atom. The maximum absolute atomic E-state index is 12.0. The highest BCUT2D eigenvalue weighted by Crippen LogP contribution is 2.23. The molecule has 0 spiro atoms. The zero-order chi connectivity index (χ0) is 15.0. The number of methoxy groups -OCH3 is 2. The van der Waals surface area contributed by atoms with Crippen LogP contribution in [0.4, 0.5) is 0 Å². The van der Waals surface area contributed by atoms with Crippen molar-refractivity contribution in [2.24, 2.45) is 0 Å². The van der Waals surface area contributed by atoms with Gasteiger partial charge in [0, 0.05) is 18.1 Å². The number of ether oxygens (including phenoxy) is 2. The van der Waals surface area contributed by atoms with Crippen LogP contribution in [0.25, 0.3) is 0 Å². The smallest absolute Gasteiger partial charge is 0.255 e. The van der Waals surface area contributed by atoms with E-state index >= 15 is 0 Å². The van der Waals surface area contributed by atoms with Gasteiger partial charge in [-0.1, -0.05) is 15.9 Å². The molecule has 0 aliphatic heterocycles. The third-order valence-corrected chi connectivity index (χ3v) is 2.94. The molecule has 0 aromatic heterocycles. The largest absolute Gasteiger partial charge is 0.496 e. The van der Waals surface area contributed by atoms with Crippen LogP contribution in [0.5, 0.6) is 5.75 Å². The van der Waals surface area contributed by atoms with Crippen LogP contribution in [0.2, 0.25) is 0 Å². The minimum Gasteiger partial charge on any atom is -0.496 e. The first-order chi connectivity index (χ1) is 9.58. The summed E-state index contributed by atoms with van der Waals surface area (Å²) < 4.78 is 10.7. The molecule has 7 heteroatoms. The summed E-state index contributed by atoms with van der Waals surface area (Å²) >= 11 is 3.30. The van der Waals surface area contributed by atoms with E-state index < -0.39 is 0 Å². The minimum atomic E-state index is -0.365. The summed E-state index contributed by atoms with van der Waals surface area (Å²) in [4.78, 5) is 23.4. The van der Waals surface area contributed by atoms with Gasteiger partial charge >= 0.3 is 0 Å². The molecule has 0 atom stereocenters. The van der Waals surface area contributed by atoms with Crippen molar-refractivity contribution >= 4 is 27.7 Å². The molecule has 20 heavy (non-hydrogen) atoms. The fraction of sp³-hybridized carbons (Fsp3) is 0.385. The van der Waals surface area contributed by atoms with Crippen molar-refractivity contribution in [2.45, 2.75) is 0 Å². The standard InChI is InChI=1S/C13H17BrN2O4/c1-19-6-5-15-12(17)8-16-13(18)10-4-3-9(14)7-11(10)20-2/h3-4,7H,5-6,8H2,1-2H3,(H,15,17)(H,16,18). The Labute approximate surface area is 126 Å². The topological polar surface area (TPSA) is 76.7 Å². The second-order valence-electron chi connectivity index (χ2n) is 3.87. The Kier molecular flexibility index (Phi) is 7.03.